The summed E-state index contributed by atoms with van der Waals surface area (Å²) in [7, 11) is 0. The molecule has 0 bridgehead atoms. The van der Waals surface area contributed by atoms with Crippen LogP contribution in [-0.4, -0.2) is 15.0 Å². The summed E-state index contributed by atoms with van der Waals surface area (Å²) in [5.41, 5.74) is 4.19. The topological polar surface area (TPSA) is 83.7 Å². The van der Waals surface area contributed by atoms with E-state index >= 15 is 0 Å². The van der Waals surface area contributed by atoms with E-state index in [0.29, 0.717) is 29.4 Å². The highest BCUT2D eigenvalue weighted by Crippen LogP contribution is 2.31. The lowest BCUT2D eigenvalue weighted by atomic mass is 10.1. The third-order valence-electron chi connectivity index (χ3n) is 4.37. The summed E-state index contributed by atoms with van der Waals surface area (Å²) in [6.07, 6.45) is 3.81. The first-order chi connectivity index (χ1) is 14.7. The molecule has 0 saturated carbocycles. The van der Waals surface area contributed by atoms with Crippen molar-refractivity contribution >= 4 is 11.5 Å². The van der Waals surface area contributed by atoms with E-state index in [1.165, 1.54) is 0 Å². The molecule has 0 amide bonds. The van der Waals surface area contributed by atoms with E-state index in [-0.39, 0.29) is 0 Å². The molecule has 0 spiro atoms. The van der Waals surface area contributed by atoms with Crippen molar-refractivity contribution in [1.82, 2.24) is 15.0 Å². The minimum atomic E-state index is 0.394. The van der Waals surface area contributed by atoms with Gasteiger partial charge in [-0.25, -0.2) is 9.97 Å². The zero-order valence-electron chi connectivity index (χ0n) is 16.4. The van der Waals surface area contributed by atoms with Crippen molar-refractivity contribution in [1.29, 1.82) is 5.26 Å². The highest BCUT2D eigenvalue weighted by atomic mass is 16.5. The second kappa shape index (κ2) is 8.84. The third kappa shape index (κ3) is 4.59. The van der Waals surface area contributed by atoms with Crippen molar-refractivity contribution in [2.75, 3.05) is 5.32 Å². The first kappa shape index (κ1) is 19.1. The number of nitrogens with zero attached hydrogens (tertiary/aromatic N) is 4. The van der Waals surface area contributed by atoms with Gasteiger partial charge in [0.2, 0.25) is 0 Å². The van der Waals surface area contributed by atoms with Crippen LogP contribution in [0.1, 0.15) is 11.3 Å². The Morgan fingerprint density at radius 1 is 0.967 bits per heavy atom. The molecule has 1 N–H and O–H groups in total. The van der Waals surface area contributed by atoms with Gasteiger partial charge < -0.3 is 10.1 Å². The molecule has 4 aromatic rings. The van der Waals surface area contributed by atoms with Gasteiger partial charge in [-0.05, 0) is 55.0 Å². The Hall–Kier alpha value is -4.24. The molecule has 0 fully saturated rings. The van der Waals surface area contributed by atoms with Crippen LogP contribution in [-0.2, 0) is 6.42 Å². The molecule has 0 atom stereocenters. The Labute approximate surface area is 174 Å². The lowest BCUT2D eigenvalue weighted by Crippen LogP contribution is -1.97. The number of nitriles is 1. The van der Waals surface area contributed by atoms with Gasteiger partial charge in [-0.15, -0.1) is 0 Å². The molecular formula is C24H19N5O. The molecule has 0 aliphatic carbocycles. The Morgan fingerprint density at radius 2 is 1.83 bits per heavy atom. The normalized spacial score (nSPS) is 10.3. The van der Waals surface area contributed by atoms with Gasteiger partial charge in [0, 0.05) is 29.8 Å². The maximum Gasteiger partial charge on any atom is 0.155 e. The van der Waals surface area contributed by atoms with Crippen molar-refractivity contribution in [3.63, 3.8) is 0 Å². The number of aromatic nitrogens is 3. The van der Waals surface area contributed by atoms with Gasteiger partial charge in [-0.3, -0.25) is 4.98 Å². The summed E-state index contributed by atoms with van der Waals surface area (Å²) in [6, 6.07) is 22.9. The van der Waals surface area contributed by atoms with E-state index in [0.717, 1.165) is 22.6 Å². The Balaban J connectivity index is 1.56. The average Bonchev–Trinajstić information content (AvgIpc) is 2.77. The first-order valence-corrected chi connectivity index (χ1v) is 9.47. The Bertz CT molecular complexity index is 1180. The van der Waals surface area contributed by atoms with Crippen molar-refractivity contribution in [2.24, 2.45) is 0 Å². The summed E-state index contributed by atoms with van der Waals surface area (Å²) >= 11 is 0. The lowest BCUT2D eigenvalue weighted by molar-refractivity contribution is 0.481. The number of pyridine rings is 3. The molecule has 4 rings (SSSR count). The van der Waals surface area contributed by atoms with E-state index in [9.17, 15) is 0 Å². The fourth-order valence-corrected chi connectivity index (χ4v) is 2.93. The van der Waals surface area contributed by atoms with Gasteiger partial charge in [-0.2, -0.15) is 5.26 Å². The van der Waals surface area contributed by atoms with Crippen molar-refractivity contribution in [3.8, 4) is 29.0 Å². The zero-order chi connectivity index (χ0) is 20.8. The summed E-state index contributed by atoms with van der Waals surface area (Å²) in [5.74, 6) is 1.91. The first-order valence-electron chi connectivity index (χ1n) is 9.47. The number of hydrogen-bond acceptors (Lipinski definition) is 6. The van der Waals surface area contributed by atoms with E-state index < -0.39 is 0 Å². The number of anilines is 2. The molecule has 1 aromatic carbocycles. The second-order valence-corrected chi connectivity index (χ2v) is 6.65. The van der Waals surface area contributed by atoms with Crippen molar-refractivity contribution in [3.05, 3.63) is 90.4 Å². The molecule has 146 valence electrons. The molecule has 0 saturated heterocycles. The van der Waals surface area contributed by atoms with Crippen LogP contribution in [0.5, 0.6) is 11.5 Å². The van der Waals surface area contributed by atoms with Gasteiger partial charge in [0.25, 0.3) is 0 Å². The number of ether oxygens (including phenoxy) is 1. The van der Waals surface area contributed by atoms with Gasteiger partial charge >= 0.3 is 0 Å². The molecule has 0 aliphatic rings. The van der Waals surface area contributed by atoms with Gasteiger partial charge in [0.05, 0.1) is 18.2 Å². The number of aryl methyl sites for hydroxylation is 1. The molecule has 3 heterocycles. The molecule has 0 aliphatic heterocycles. The Morgan fingerprint density at radius 3 is 2.60 bits per heavy atom. The number of rotatable bonds is 6. The van der Waals surface area contributed by atoms with E-state index in [2.05, 4.69) is 26.3 Å². The molecule has 30 heavy (non-hydrogen) atoms. The van der Waals surface area contributed by atoms with Gasteiger partial charge in [0.15, 0.2) is 5.75 Å². The molecule has 3 aromatic heterocycles. The summed E-state index contributed by atoms with van der Waals surface area (Å²) in [6.45, 7) is 1.94. The van der Waals surface area contributed by atoms with Gasteiger partial charge in [0.1, 0.15) is 17.3 Å². The highest BCUT2D eigenvalue weighted by molar-refractivity contribution is 5.64. The smallest absolute Gasteiger partial charge is 0.155 e. The monoisotopic (exact) mass is 393 g/mol. The molecule has 0 unspecified atom stereocenters. The van der Waals surface area contributed by atoms with Crippen LogP contribution in [0, 0.1) is 18.3 Å². The SMILES string of the molecule is Cc1ccc(Oc2ccnc(Nc3ccc(CC#N)cc3)c2)c(-c2ccccn2)n1. The van der Waals surface area contributed by atoms with Crippen molar-refractivity contribution < 1.29 is 4.74 Å². The van der Waals surface area contributed by atoms with Crippen molar-refractivity contribution in [2.45, 2.75) is 13.3 Å². The molecule has 6 heteroatoms. The van der Waals surface area contributed by atoms with Crippen LogP contribution < -0.4 is 10.1 Å². The minimum Gasteiger partial charge on any atom is -0.455 e. The summed E-state index contributed by atoms with van der Waals surface area (Å²) in [4.78, 5) is 13.4. The molecule has 0 radical (unpaired) electrons. The predicted octanol–water partition coefficient (Wildman–Crippen LogP) is 5.45. The number of benzene rings is 1. The highest BCUT2D eigenvalue weighted by Gasteiger charge is 2.11. The van der Waals surface area contributed by atoms with Crippen LogP contribution in [0.15, 0.2) is 79.1 Å². The fraction of sp³-hybridized carbons (Fsp3) is 0.0833. The quantitative estimate of drug-likeness (QED) is 0.469. The number of hydrogen-bond donors (Lipinski definition) is 1. The van der Waals surface area contributed by atoms with Crippen LogP contribution in [0.25, 0.3) is 11.4 Å². The zero-order valence-corrected chi connectivity index (χ0v) is 16.4. The van der Waals surface area contributed by atoms with Gasteiger partial charge in [-0.1, -0.05) is 18.2 Å². The largest absolute Gasteiger partial charge is 0.455 e. The summed E-state index contributed by atoms with van der Waals surface area (Å²) in [5, 5.41) is 12.0. The third-order valence-corrected chi connectivity index (χ3v) is 4.37. The second-order valence-electron chi connectivity index (χ2n) is 6.65. The fourth-order valence-electron chi connectivity index (χ4n) is 2.93. The minimum absolute atomic E-state index is 0.394. The Kier molecular flexibility index (Phi) is 5.63. The van der Waals surface area contributed by atoms with Crippen LogP contribution in [0.4, 0.5) is 11.5 Å². The average molecular weight is 393 g/mol. The van der Waals surface area contributed by atoms with Crippen LogP contribution in [0.3, 0.4) is 0 Å². The molecular weight excluding hydrogens is 374 g/mol. The predicted molar refractivity (Wildman–Crippen MR) is 116 cm³/mol. The standard InChI is InChI=1S/C24H19N5O/c1-17-5-10-22(24(28-17)21-4-2-3-14-26-21)30-20-12-15-27-23(16-20)29-19-8-6-18(7-9-19)11-13-25/h2-10,12,14-16H,11H2,1H3,(H,27,29). The van der Waals surface area contributed by atoms with Crippen LogP contribution in [0.2, 0.25) is 0 Å². The summed E-state index contributed by atoms with van der Waals surface area (Å²) < 4.78 is 6.13. The lowest BCUT2D eigenvalue weighted by Gasteiger charge is -2.12. The van der Waals surface area contributed by atoms with Crippen LogP contribution >= 0.6 is 0 Å². The maximum atomic E-state index is 8.79. The maximum absolute atomic E-state index is 8.79. The molecule has 6 nitrogen and oxygen atoms in total. The van der Waals surface area contributed by atoms with E-state index in [4.69, 9.17) is 10.00 Å². The van der Waals surface area contributed by atoms with E-state index in [1.807, 2.05) is 67.6 Å². The van der Waals surface area contributed by atoms with E-state index in [1.54, 1.807) is 18.5 Å². The number of nitrogens with one attached hydrogen (secondary N) is 1.